The van der Waals surface area contributed by atoms with Crippen LogP contribution >= 0.6 is 11.6 Å². The van der Waals surface area contributed by atoms with Crippen molar-refractivity contribution < 1.29 is 0 Å². The molecule has 0 saturated heterocycles. The van der Waals surface area contributed by atoms with Gasteiger partial charge in [0.05, 0.1) is 12.1 Å². The summed E-state index contributed by atoms with van der Waals surface area (Å²) in [6.45, 7) is 0.374. The van der Waals surface area contributed by atoms with Crippen molar-refractivity contribution in [3.05, 3.63) is 23.6 Å². The highest BCUT2D eigenvalue weighted by molar-refractivity contribution is 6.28. The first kappa shape index (κ1) is 9.69. The summed E-state index contributed by atoms with van der Waals surface area (Å²) in [4.78, 5) is 12.2. The number of terminal acetylenes is 1. The van der Waals surface area contributed by atoms with Crippen LogP contribution in [0.1, 0.15) is 0 Å². The minimum Gasteiger partial charge on any atom is -0.357 e. The Morgan fingerprint density at radius 2 is 2.33 bits per heavy atom. The van der Waals surface area contributed by atoms with E-state index in [2.05, 4.69) is 26.2 Å². The largest absolute Gasteiger partial charge is 0.357 e. The maximum Gasteiger partial charge on any atom is 0.225 e. The van der Waals surface area contributed by atoms with Crippen LogP contribution in [0.4, 0.5) is 5.82 Å². The predicted octanol–water partition coefficient (Wildman–Crippen LogP) is 1.72. The molecule has 2 aromatic rings. The number of aromatic nitrogens is 3. The van der Waals surface area contributed by atoms with Gasteiger partial charge in [-0.2, -0.15) is 4.98 Å². The molecule has 0 atom stereocenters. The molecule has 0 aromatic carbocycles. The summed E-state index contributed by atoms with van der Waals surface area (Å²) in [7, 11) is 0. The molecule has 1 N–H and O–H groups in total. The third kappa shape index (κ3) is 1.97. The van der Waals surface area contributed by atoms with Crippen LogP contribution in [-0.4, -0.2) is 21.5 Å². The smallest absolute Gasteiger partial charge is 0.225 e. The Morgan fingerprint density at radius 3 is 3.13 bits per heavy atom. The van der Waals surface area contributed by atoms with Crippen LogP contribution in [0.3, 0.4) is 0 Å². The Labute approximate surface area is 91.7 Å². The second-order valence-electron chi connectivity index (χ2n) is 2.77. The Morgan fingerprint density at radius 1 is 1.47 bits per heavy atom. The predicted molar refractivity (Wildman–Crippen MR) is 59.7 cm³/mol. The van der Waals surface area contributed by atoms with Crippen LogP contribution in [0.25, 0.3) is 11.0 Å². The summed E-state index contributed by atoms with van der Waals surface area (Å²) in [5.41, 5.74) is 1.36. The summed E-state index contributed by atoms with van der Waals surface area (Å²) in [6, 6.07) is 3.60. The molecule has 4 nitrogen and oxygen atoms in total. The van der Waals surface area contributed by atoms with Crippen LogP contribution in [0.15, 0.2) is 18.3 Å². The minimum absolute atomic E-state index is 0.176. The van der Waals surface area contributed by atoms with E-state index in [0.717, 1.165) is 0 Å². The van der Waals surface area contributed by atoms with Gasteiger partial charge in [0, 0.05) is 6.20 Å². The first-order valence-electron chi connectivity index (χ1n) is 4.27. The molecule has 0 spiro atoms. The maximum absolute atomic E-state index is 5.76. The monoisotopic (exact) mass is 218 g/mol. The molecule has 5 heteroatoms. The highest BCUT2D eigenvalue weighted by Gasteiger charge is 2.05. The van der Waals surface area contributed by atoms with Gasteiger partial charge in [-0.05, 0) is 23.7 Å². The molecule has 0 unspecified atom stereocenters. The van der Waals surface area contributed by atoms with E-state index in [1.165, 1.54) is 0 Å². The van der Waals surface area contributed by atoms with Crippen molar-refractivity contribution in [1.82, 2.24) is 15.0 Å². The minimum atomic E-state index is 0.176. The average molecular weight is 219 g/mol. The molecule has 0 radical (unpaired) electrons. The second-order valence-corrected chi connectivity index (χ2v) is 3.11. The summed E-state index contributed by atoms with van der Waals surface area (Å²) < 4.78 is 0. The Balaban J connectivity index is 2.56. The highest BCUT2D eigenvalue weighted by Crippen LogP contribution is 2.18. The molecule has 2 heterocycles. The number of nitrogens with one attached hydrogen (secondary N) is 1. The van der Waals surface area contributed by atoms with E-state index in [0.29, 0.717) is 23.4 Å². The first-order chi connectivity index (χ1) is 7.31. The Kier molecular flexibility index (Phi) is 2.66. The van der Waals surface area contributed by atoms with E-state index in [4.69, 9.17) is 18.0 Å². The van der Waals surface area contributed by atoms with Gasteiger partial charge < -0.3 is 5.32 Å². The van der Waals surface area contributed by atoms with E-state index in [9.17, 15) is 0 Å². The van der Waals surface area contributed by atoms with Gasteiger partial charge in [-0.15, -0.1) is 6.42 Å². The number of hydrogen-bond acceptors (Lipinski definition) is 4. The number of halogens is 1. The van der Waals surface area contributed by atoms with Crippen molar-refractivity contribution >= 4 is 28.5 Å². The van der Waals surface area contributed by atoms with E-state index in [-0.39, 0.29) is 5.28 Å². The lowest BCUT2D eigenvalue weighted by Crippen LogP contribution is -2.03. The average Bonchev–Trinajstić information content (AvgIpc) is 2.25. The number of pyridine rings is 1. The van der Waals surface area contributed by atoms with Crippen molar-refractivity contribution in [2.75, 3.05) is 11.9 Å². The molecular weight excluding hydrogens is 212 g/mol. The molecule has 0 aliphatic heterocycles. The second kappa shape index (κ2) is 4.11. The van der Waals surface area contributed by atoms with Gasteiger partial charge in [-0.25, -0.2) is 4.98 Å². The molecule has 0 bridgehead atoms. The molecule has 74 valence electrons. The zero-order chi connectivity index (χ0) is 10.7. The lowest BCUT2D eigenvalue weighted by Gasteiger charge is -2.04. The number of hydrogen-bond donors (Lipinski definition) is 1. The quantitative estimate of drug-likeness (QED) is 0.616. The van der Waals surface area contributed by atoms with Gasteiger partial charge in [-0.1, -0.05) is 5.92 Å². The molecule has 15 heavy (non-hydrogen) atoms. The molecule has 0 saturated carbocycles. The van der Waals surface area contributed by atoms with Crippen molar-refractivity contribution in [3.8, 4) is 12.3 Å². The van der Waals surface area contributed by atoms with E-state index < -0.39 is 0 Å². The third-order valence-electron chi connectivity index (χ3n) is 1.79. The number of nitrogens with zero attached hydrogens (tertiary/aromatic N) is 3. The Bertz CT molecular complexity index is 532. The van der Waals surface area contributed by atoms with E-state index in [1.807, 2.05) is 6.07 Å². The molecule has 0 aliphatic rings. The first-order valence-corrected chi connectivity index (χ1v) is 4.64. The molecule has 2 aromatic heterocycles. The van der Waals surface area contributed by atoms with Gasteiger partial charge in [0.1, 0.15) is 5.52 Å². The van der Waals surface area contributed by atoms with Crippen LogP contribution in [0.2, 0.25) is 5.28 Å². The number of fused-ring (bicyclic) bond motifs is 1. The number of rotatable bonds is 2. The van der Waals surface area contributed by atoms with Crippen molar-refractivity contribution in [2.24, 2.45) is 0 Å². The standard InChI is InChI=1S/C10H7ClN4/c1-2-5-13-9-8-7(4-3-6-12-8)14-10(11)15-9/h1,3-4,6H,5H2,(H,13,14,15). The van der Waals surface area contributed by atoms with Crippen molar-refractivity contribution in [1.29, 1.82) is 0 Å². The molecular formula is C10H7ClN4. The van der Waals surface area contributed by atoms with Crippen LogP contribution in [0.5, 0.6) is 0 Å². The van der Waals surface area contributed by atoms with Crippen LogP contribution < -0.4 is 5.32 Å². The topological polar surface area (TPSA) is 50.7 Å². The summed E-state index contributed by atoms with van der Waals surface area (Å²) in [5.74, 6) is 3.02. The molecule has 0 fully saturated rings. The lowest BCUT2D eigenvalue weighted by molar-refractivity contribution is 1.17. The normalized spacial score (nSPS) is 9.87. The third-order valence-corrected chi connectivity index (χ3v) is 1.95. The SMILES string of the molecule is C#CCNc1nc(Cl)nc2cccnc12. The summed E-state index contributed by atoms with van der Waals surface area (Å²) in [5, 5.41) is 3.12. The number of anilines is 1. The maximum atomic E-state index is 5.76. The fourth-order valence-corrected chi connectivity index (χ4v) is 1.37. The van der Waals surface area contributed by atoms with Crippen molar-refractivity contribution in [3.63, 3.8) is 0 Å². The zero-order valence-electron chi connectivity index (χ0n) is 7.74. The highest BCUT2D eigenvalue weighted by atomic mass is 35.5. The van der Waals surface area contributed by atoms with Crippen LogP contribution in [-0.2, 0) is 0 Å². The van der Waals surface area contributed by atoms with Gasteiger partial charge in [-0.3, -0.25) is 4.98 Å². The summed E-state index contributed by atoms with van der Waals surface area (Å²) in [6.07, 6.45) is 6.82. The van der Waals surface area contributed by atoms with Crippen LogP contribution in [0, 0.1) is 12.3 Å². The zero-order valence-corrected chi connectivity index (χ0v) is 8.49. The van der Waals surface area contributed by atoms with Crippen molar-refractivity contribution in [2.45, 2.75) is 0 Å². The van der Waals surface area contributed by atoms with E-state index >= 15 is 0 Å². The molecule has 0 aliphatic carbocycles. The molecule has 2 rings (SSSR count). The fraction of sp³-hybridized carbons (Fsp3) is 0.100. The van der Waals surface area contributed by atoms with E-state index in [1.54, 1.807) is 12.3 Å². The molecule has 0 amide bonds. The lowest BCUT2D eigenvalue weighted by atomic mass is 10.3. The van der Waals surface area contributed by atoms with Gasteiger partial charge in [0.25, 0.3) is 0 Å². The summed E-state index contributed by atoms with van der Waals surface area (Å²) >= 11 is 5.76. The van der Waals surface area contributed by atoms with Gasteiger partial charge >= 0.3 is 0 Å². The fourth-order valence-electron chi connectivity index (χ4n) is 1.20. The Hall–Kier alpha value is -1.86. The van der Waals surface area contributed by atoms with Gasteiger partial charge in [0.2, 0.25) is 5.28 Å². The van der Waals surface area contributed by atoms with Gasteiger partial charge in [0.15, 0.2) is 5.82 Å².